The number of H-pyrrole nitrogens is 1. The third-order valence-electron chi connectivity index (χ3n) is 3.69. The van der Waals surface area contributed by atoms with Crippen LogP contribution < -0.4 is 0 Å². The molecule has 0 bridgehead atoms. The summed E-state index contributed by atoms with van der Waals surface area (Å²) in [5, 5.41) is 2.32. The number of nitrogens with one attached hydrogen (secondary N) is 1. The van der Waals surface area contributed by atoms with Crippen molar-refractivity contribution in [2.45, 2.75) is 30.7 Å². The number of hydrogen-bond donors (Lipinski definition) is 1. The molecule has 2 nitrogen and oxygen atoms in total. The summed E-state index contributed by atoms with van der Waals surface area (Å²) in [4.78, 5) is 15.4. The number of para-hydroxylation sites is 1. The van der Waals surface area contributed by atoms with Crippen molar-refractivity contribution in [3.8, 4) is 0 Å². The number of hydrogen-bond acceptors (Lipinski definition) is 2. The number of carbonyl (C=O) groups is 1. The Bertz CT molecular complexity index is 521. The summed E-state index contributed by atoms with van der Waals surface area (Å²) in [5.41, 5.74) is 1.15. The third kappa shape index (κ3) is 2.46. The first-order valence-electron chi connectivity index (χ1n) is 6.56. The summed E-state index contributed by atoms with van der Waals surface area (Å²) in [6.45, 7) is 0. The van der Waals surface area contributed by atoms with E-state index in [1.807, 2.05) is 12.1 Å². The molecule has 1 aliphatic carbocycles. The maximum atomic E-state index is 12.0. The summed E-state index contributed by atoms with van der Waals surface area (Å²) in [6, 6.07) is 10.3. The Hall–Kier alpha value is -1.22. The molecule has 1 heterocycles. The topological polar surface area (TPSA) is 32.9 Å². The maximum Gasteiger partial charge on any atom is 0.146 e. The van der Waals surface area contributed by atoms with Crippen LogP contribution >= 0.6 is 11.8 Å². The number of thioether (sulfide) groups is 1. The van der Waals surface area contributed by atoms with Crippen molar-refractivity contribution in [3.63, 3.8) is 0 Å². The molecule has 0 radical (unpaired) electrons. The van der Waals surface area contributed by atoms with Gasteiger partial charge in [0, 0.05) is 16.8 Å². The standard InChI is InChI=1S/C15H17NOS/c17-14(11-5-1-2-6-11)10-18-15-9-12-7-3-4-8-13(12)16-15/h3-4,7-9,11,16H,1-2,5-6,10H2. The normalized spacial score (nSPS) is 16.4. The highest BCUT2D eigenvalue weighted by Gasteiger charge is 2.22. The third-order valence-corrected chi connectivity index (χ3v) is 4.65. The number of Topliss-reactive ketones (excluding diaryl/α,β-unsaturated/α-hetero) is 1. The fourth-order valence-electron chi connectivity index (χ4n) is 2.64. The van der Waals surface area contributed by atoms with E-state index in [-0.39, 0.29) is 0 Å². The lowest BCUT2D eigenvalue weighted by Gasteiger charge is -2.06. The lowest BCUT2D eigenvalue weighted by atomic mass is 10.0. The molecule has 1 aromatic carbocycles. The van der Waals surface area contributed by atoms with Crippen molar-refractivity contribution in [1.29, 1.82) is 0 Å². The van der Waals surface area contributed by atoms with Crippen molar-refractivity contribution in [1.82, 2.24) is 4.98 Å². The van der Waals surface area contributed by atoms with Crippen LogP contribution in [0.1, 0.15) is 25.7 Å². The Morgan fingerprint density at radius 2 is 2.06 bits per heavy atom. The second-order valence-electron chi connectivity index (χ2n) is 4.96. The molecule has 1 saturated carbocycles. The molecule has 3 heteroatoms. The number of benzene rings is 1. The molecule has 0 aliphatic heterocycles. The quantitative estimate of drug-likeness (QED) is 0.841. The Morgan fingerprint density at radius 3 is 2.83 bits per heavy atom. The zero-order valence-corrected chi connectivity index (χ0v) is 11.1. The average Bonchev–Trinajstić information content (AvgIpc) is 3.04. The van der Waals surface area contributed by atoms with E-state index < -0.39 is 0 Å². The van der Waals surface area contributed by atoms with Gasteiger partial charge in [0.1, 0.15) is 5.78 Å². The molecule has 3 rings (SSSR count). The molecule has 18 heavy (non-hydrogen) atoms. The largest absolute Gasteiger partial charge is 0.350 e. The van der Waals surface area contributed by atoms with Crippen molar-refractivity contribution in [2.24, 2.45) is 5.92 Å². The Balaban J connectivity index is 1.63. The molecule has 0 atom stereocenters. The maximum absolute atomic E-state index is 12.0. The van der Waals surface area contributed by atoms with Gasteiger partial charge in [0.2, 0.25) is 0 Å². The molecule has 1 aliphatic rings. The first-order valence-corrected chi connectivity index (χ1v) is 7.55. The minimum absolute atomic E-state index is 0.335. The highest BCUT2D eigenvalue weighted by atomic mass is 32.2. The van der Waals surface area contributed by atoms with E-state index in [4.69, 9.17) is 0 Å². The van der Waals surface area contributed by atoms with Gasteiger partial charge in [-0.25, -0.2) is 0 Å². The molecule has 0 saturated heterocycles. The van der Waals surface area contributed by atoms with Crippen LogP contribution in [-0.4, -0.2) is 16.5 Å². The van der Waals surface area contributed by atoms with Crippen LogP contribution in [0, 0.1) is 5.92 Å². The van der Waals surface area contributed by atoms with E-state index in [1.54, 1.807) is 11.8 Å². The second kappa shape index (κ2) is 5.19. The van der Waals surface area contributed by atoms with E-state index in [0.717, 1.165) is 23.4 Å². The summed E-state index contributed by atoms with van der Waals surface area (Å²) in [6.07, 6.45) is 4.67. The summed E-state index contributed by atoms with van der Waals surface area (Å²) >= 11 is 1.64. The zero-order chi connectivity index (χ0) is 12.4. The Kier molecular flexibility index (Phi) is 3.41. The van der Waals surface area contributed by atoms with Gasteiger partial charge in [-0.15, -0.1) is 11.8 Å². The fourth-order valence-corrected chi connectivity index (χ4v) is 3.56. The number of rotatable bonds is 4. The number of aromatic amines is 1. The zero-order valence-electron chi connectivity index (χ0n) is 10.3. The van der Waals surface area contributed by atoms with Crippen LogP contribution in [0.5, 0.6) is 0 Å². The minimum atomic E-state index is 0.335. The van der Waals surface area contributed by atoms with E-state index in [2.05, 4.69) is 23.2 Å². The van der Waals surface area contributed by atoms with E-state index in [0.29, 0.717) is 17.5 Å². The number of fused-ring (bicyclic) bond motifs is 1. The molecule has 0 spiro atoms. The minimum Gasteiger partial charge on any atom is -0.350 e. The Labute approximate surface area is 111 Å². The number of carbonyl (C=O) groups excluding carboxylic acids is 1. The van der Waals surface area contributed by atoms with Gasteiger partial charge in [-0.05, 0) is 25.0 Å². The molecule has 1 aromatic heterocycles. The van der Waals surface area contributed by atoms with E-state index >= 15 is 0 Å². The van der Waals surface area contributed by atoms with Gasteiger partial charge in [0.25, 0.3) is 0 Å². The second-order valence-corrected chi connectivity index (χ2v) is 5.97. The van der Waals surface area contributed by atoms with E-state index in [9.17, 15) is 4.79 Å². The fraction of sp³-hybridized carbons (Fsp3) is 0.400. The first kappa shape index (κ1) is 11.8. The predicted molar refractivity (Wildman–Crippen MR) is 76.0 cm³/mol. The van der Waals surface area contributed by atoms with Crippen LogP contribution in [0.3, 0.4) is 0 Å². The number of aromatic nitrogens is 1. The monoisotopic (exact) mass is 259 g/mol. The predicted octanol–water partition coefficient (Wildman–Crippen LogP) is 4.02. The average molecular weight is 259 g/mol. The first-order chi connectivity index (χ1) is 8.83. The molecular formula is C15H17NOS. The van der Waals surface area contributed by atoms with Gasteiger partial charge in [-0.2, -0.15) is 0 Å². The summed E-state index contributed by atoms with van der Waals surface area (Å²) in [7, 11) is 0. The molecule has 0 amide bonds. The van der Waals surface area contributed by atoms with Gasteiger partial charge in [-0.3, -0.25) is 4.79 Å². The molecule has 94 valence electrons. The Morgan fingerprint density at radius 1 is 1.28 bits per heavy atom. The van der Waals surface area contributed by atoms with Crippen LogP contribution in [0.15, 0.2) is 35.4 Å². The van der Waals surface area contributed by atoms with Crippen molar-refractivity contribution < 1.29 is 4.79 Å². The van der Waals surface area contributed by atoms with Gasteiger partial charge >= 0.3 is 0 Å². The van der Waals surface area contributed by atoms with Crippen molar-refractivity contribution in [2.75, 3.05) is 5.75 Å². The molecule has 1 N–H and O–H groups in total. The molecule has 0 unspecified atom stereocenters. The van der Waals surface area contributed by atoms with Gasteiger partial charge in [0.05, 0.1) is 10.8 Å². The van der Waals surface area contributed by atoms with Crippen LogP contribution in [-0.2, 0) is 4.79 Å². The van der Waals surface area contributed by atoms with Crippen LogP contribution in [0.25, 0.3) is 10.9 Å². The van der Waals surface area contributed by atoms with E-state index in [1.165, 1.54) is 18.2 Å². The van der Waals surface area contributed by atoms with Crippen molar-refractivity contribution >= 4 is 28.4 Å². The summed E-state index contributed by atoms with van der Waals surface area (Å²) in [5.74, 6) is 1.37. The van der Waals surface area contributed by atoms with Gasteiger partial charge in [-0.1, -0.05) is 31.0 Å². The highest BCUT2D eigenvalue weighted by molar-refractivity contribution is 7.99. The molecular weight excluding hydrogens is 242 g/mol. The van der Waals surface area contributed by atoms with Crippen LogP contribution in [0.4, 0.5) is 0 Å². The molecule has 2 aromatic rings. The van der Waals surface area contributed by atoms with Crippen LogP contribution in [0.2, 0.25) is 0 Å². The summed E-state index contributed by atoms with van der Waals surface area (Å²) < 4.78 is 0. The SMILES string of the molecule is O=C(CSc1cc2ccccc2[nH]1)C1CCCC1. The number of ketones is 1. The lowest BCUT2D eigenvalue weighted by molar-refractivity contribution is -0.120. The highest BCUT2D eigenvalue weighted by Crippen LogP contribution is 2.29. The smallest absolute Gasteiger partial charge is 0.146 e. The lowest BCUT2D eigenvalue weighted by Crippen LogP contribution is -2.12. The van der Waals surface area contributed by atoms with Gasteiger partial charge in [0.15, 0.2) is 0 Å². The van der Waals surface area contributed by atoms with Gasteiger partial charge < -0.3 is 4.98 Å². The molecule has 1 fully saturated rings. The van der Waals surface area contributed by atoms with Crippen molar-refractivity contribution in [3.05, 3.63) is 30.3 Å².